The second kappa shape index (κ2) is 4.67. The molecule has 3 nitrogen and oxygen atoms in total. The summed E-state index contributed by atoms with van der Waals surface area (Å²) < 4.78 is 0.962. The molecule has 0 amide bonds. The summed E-state index contributed by atoms with van der Waals surface area (Å²) >= 11 is 3.35. The predicted molar refractivity (Wildman–Crippen MR) is 69.1 cm³/mol. The van der Waals surface area contributed by atoms with E-state index in [0.717, 1.165) is 15.7 Å². The van der Waals surface area contributed by atoms with Crippen molar-refractivity contribution in [3.63, 3.8) is 0 Å². The first kappa shape index (κ1) is 11.8. The van der Waals surface area contributed by atoms with Crippen LogP contribution >= 0.6 is 15.9 Å². The molecule has 0 aliphatic heterocycles. The second-order valence-electron chi connectivity index (χ2n) is 3.68. The van der Waals surface area contributed by atoms with Crippen LogP contribution in [-0.2, 0) is 0 Å². The van der Waals surface area contributed by atoms with E-state index in [1.54, 1.807) is 6.07 Å². The van der Waals surface area contributed by atoms with Gasteiger partial charge in [0.1, 0.15) is 0 Å². The average Bonchev–Trinajstić information content (AvgIpc) is 2.29. The number of aromatic carboxylic acids is 1. The Bertz CT molecular complexity index is 564. The van der Waals surface area contributed by atoms with Gasteiger partial charge in [0, 0.05) is 16.4 Å². The van der Waals surface area contributed by atoms with Crippen molar-refractivity contribution in [2.24, 2.45) is 0 Å². The molecule has 0 spiro atoms. The summed E-state index contributed by atoms with van der Waals surface area (Å²) in [5, 5.41) is 9.12. The lowest BCUT2D eigenvalue weighted by molar-refractivity contribution is 0.0697. The molecule has 2 rings (SSSR count). The normalized spacial score (nSPS) is 10.2. The Hall–Kier alpha value is -1.68. The average molecular weight is 292 g/mol. The van der Waals surface area contributed by atoms with Gasteiger partial charge >= 0.3 is 5.97 Å². The first-order valence-corrected chi connectivity index (χ1v) is 5.83. The molecule has 0 radical (unpaired) electrons. The zero-order chi connectivity index (χ0) is 12.4. The van der Waals surface area contributed by atoms with E-state index in [-0.39, 0.29) is 5.56 Å². The summed E-state index contributed by atoms with van der Waals surface area (Å²) in [6.07, 6.45) is 1.40. The van der Waals surface area contributed by atoms with Crippen LogP contribution < -0.4 is 0 Å². The number of benzene rings is 1. The highest BCUT2D eigenvalue weighted by atomic mass is 79.9. The van der Waals surface area contributed by atoms with Crippen LogP contribution in [0.1, 0.15) is 16.1 Å². The number of aryl methyl sites for hydroxylation is 1. The zero-order valence-corrected chi connectivity index (χ0v) is 10.7. The molecule has 0 fully saturated rings. The molecule has 1 heterocycles. The van der Waals surface area contributed by atoms with Gasteiger partial charge in [0.2, 0.25) is 0 Å². The van der Waals surface area contributed by atoms with Crippen molar-refractivity contribution >= 4 is 21.9 Å². The molecular formula is C13H10BrNO2. The highest BCUT2D eigenvalue weighted by Crippen LogP contribution is 2.25. The Labute approximate surface area is 107 Å². The minimum Gasteiger partial charge on any atom is -0.478 e. The van der Waals surface area contributed by atoms with E-state index in [4.69, 9.17) is 5.11 Å². The Morgan fingerprint density at radius 2 is 1.94 bits per heavy atom. The quantitative estimate of drug-likeness (QED) is 0.921. The van der Waals surface area contributed by atoms with Gasteiger partial charge in [0.05, 0.1) is 5.56 Å². The Kier molecular flexibility index (Phi) is 3.24. The van der Waals surface area contributed by atoms with E-state index in [1.807, 2.05) is 31.2 Å². The van der Waals surface area contributed by atoms with Crippen molar-refractivity contribution in [2.75, 3.05) is 0 Å². The van der Waals surface area contributed by atoms with Gasteiger partial charge in [-0.2, -0.15) is 0 Å². The van der Waals surface area contributed by atoms with Gasteiger partial charge < -0.3 is 5.11 Å². The Morgan fingerprint density at radius 1 is 1.29 bits per heavy atom. The third kappa shape index (κ3) is 2.53. The summed E-state index contributed by atoms with van der Waals surface area (Å²) in [5.41, 5.74) is 2.58. The van der Waals surface area contributed by atoms with Crippen molar-refractivity contribution in [3.05, 3.63) is 52.3 Å². The Balaban J connectivity index is 2.60. The highest BCUT2D eigenvalue weighted by Gasteiger charge is 2.12. The highest BCUT2D eigenvalue weighted by molar-refractivity contribution is 9.10. The topological polar surface area (TPSA) is 50.2 Å². The Morgan fingerprint density at radius 3 is 2.53 bits per heavy atom. The number of nitrogens with zero attached hydrogens (tertiary/aromatic N) is 1. The maximum absolute atomic E-state index is 11.1. The van der Waals surface area contributed by atoms with E-state index in [9.17, 15) is 4.79 Å². The number of carbonyl (C=O) groups is 1. The molecule has 86 valence electrons. The molecule has 0 bridgehead atoms. The van der Waals surface area contributed by atoms with E-state index in [1.165, 1.54) is 6.20 Å². The molecule has 1 aromatic heterocycles. The van der Waals surface area contributed by atoms with Gasteiger partial charge in [-0.05, 0) is 36.2 Å². The van der Waals surface area contributed by atoms with Gasteiger partial charge in [-0.15, -0.1) is 0 Å². The zero-order valence-electron chi connectivity index (χ0n) is 9.14. The van der Waals surface area contributed by atoms with Crippen LogP contribution in [0, 0.1) is 6.92 Å². The van der Waals surface area contributed by atoms with Crippen molar-refractivity contribution in [2.45, 2.75) is 6.92 Å². The minimum atomic E-state index is -0.963. The lowest BCUT2D eigenvalue weighted by Gasteiger charge is -2.07. The number of rotatable bonds is 2. The van der Waals surface area contributed by atoms with Crippen LogP contribution in [0.25, 0.3) is 11.1 Å². The smallest absolute Gasteiger partial charge is 0.337 e. The van der Waals surface area contributed by atoms with E-state index < -0.39 is 5.97 Å². The van der Waals surface area contributed by atoms with Crippen LogP contribution in [-0.4, -0.2) is 16.1 Å². The molecule has 0 atom stereocenters. The molecule has 1 aromatic carbocycles. The van der Waals surface area contributed by atoms with Crippen LogP contribution in [0.3, 0.4) is 0 Å². The fraction of sp³-hybridized carbons (Fsp3) is 0.0769. The summed E-state index contributed by atoms with van der Waals surface area (Å²) in [7, 11) is 0. The predicted octanol–water partition coefficient (Wildman–Crippen LogP) is 3.52. The fourth-order valence-corrected chi connectivity index (χ4v) is 1.86. The van der Waals surface area contributed by atoms with Gasteiger partial charge in [0.15, 0.2) is 0 Å². The number of hydrogen-bond donors (Lipinski definition) is 1. The molecule has 0 saturated carbocycles. The maximum atomic E-state index is 11.1. The summed E-state index contributed by atoms with van der Waals surface area (Å²) in [6.45, 7) is 1.84. The van der Waals surface area contributed by atoms with E-state index >= 15 is 0 Å². The number of carboxylic acid groups (broad SMARTS) is 1. The van der Waals surface area contributed by atoms with Crippen LogP contribution in [0.2, 0.25) is 0 Å². The first-order valence-electron chi connectivity index (χ1n) is 5.04. The van der Waals surface area contributed by atoms with Crippen LogP contribution in [0.15, 0.2) is 41.0 Å². The number of pyridine rings is 1. The molecule has 0 aliphatic rings. The molecule has 0 aliphatic carbocycles. The van der Waals surface area contributed by atoms with Gasteiger partial charge in [-0.3, -0.25) is 4.98 Å². The summed E-state index contributed by atoms with van der Waals surface area (Å²) in [4.78, 5) is 15.1. The lowest BCUT2D eigenvalue weighted by Crippen LogP contribution is -2.01. The largest absolute Gasteiger partial charge is 0.478 e. The van der Waals surface area contributed by atoms with Crippen molar-refractivity contribution < 1.29 is 9.90 Å². The second-order valence-corrected chi connectivity index (χ2v) is 4.60. The molecule has 0 saturated heterocycles. The summed E-state index contributed by atoms with van der Waals surface area (Å²) in [6, 6.07) is 9.32. The standard InChI is InChI=1S/C13H10BrNO2/c1-8-6-11(12(7-15-8)13(16)17)9-2-4-10(14)5-3-9/h2-7H,1H3,(H,16,17). The minimum absolute atomic E-state index is 0.220. The van der Waals surface area contributed by atoms with Crippen LogP contribution in [0.5, 0.6) is 0 Å². The number of aromatic nitrogens is 1. The fourth-order valence-electron chi connectivity index (χ4n) is 1.60. The number of halogens is 1. The maximum Gasteiger partial charge on any atom is 0.337 e. The monoisotopic (exact) mass is 291 g/mol. The van der Waals surface area contributed by atoms with Gasteiger partial charge in [-0.1, -0.05) is 28.1 Å². The van der Waals surface area contributed by atoms with Crippen molar-refractivity contribution in [1.82, 2.24) is 4.98 Å². The SMILES string of the molecule is Cc1cc(-c2ccc(Br)cc2)c(C(=O)O)cn1. The van der Waals surface area contributed by atoms with Crippen molar-refractivity contribution in [3.8, 4) is 11.1 Å². The molecular weight excluding hydrogens is 282 g/mol. The van der Waals surface area contributed by atoms with E-state index in [0.29, 0.717) is 5.56 Å². The van der Waals surface area contributed by atoms with Crippen LogP contribution in [0.4, 0.5) is 0 Å². The molecule has 0 unspecified atom stereocenters. The molecule has 4 heteroatoms. The third-order valence-corrected chi connectivity index (χ3v) is 2.95. The number of hydrogen-bond acceptors (Lipinski definition) is 2. The lowest BCUT2D eigenvalue weighted by atomic mass is 10.0. The van der Waals surface area contributed by atoms with Gasteiger partial charge in [-0.25, -0.2) is 4.79 Å². The van der Waals surface area contributed by atoms with E-state index in [2.05, 4.69) is 20.9 Å². The van der Waals surface area contributed by atoms with Gasteiger partial charge in [0.25, 0.3) is 0 Å². The third-order valence-electron chi connectivity index (χ3n) is 2.43. The molecule has 17 heavy (non-hydrogen) atoms. The first-order chi connectivity index (χ1) is 8.08. The number of carboxylic acids is 1. The molecule has 2 aromatic rings. The molecule has 1 N–H and O–H groups in total. The summed E-state index contributed by atoms with van der Waals surface area (Å²) in [5.74, 6) is -0.963. The van der Waals surface area contributed by atoms with Crippen molar-refractivity contribution in [1.29, 1.82) is 0 Å².